The maximum atomic E-state index is 12.5. The van der Waals surface area contributed by atoms with E-state index in [4.69, 9.17) is 0 Å². The van der Waals surface area contributed by atoms with Gasteiger partial charge in [-0.3, -0.25) is 0 Å². The molecule has 0 spiro atoms. The van der Waals surface area contributed by atoms with E-state index in [0.29, 0.717) is 6.42 Å². The highest BCUT2D eigenvalue weighted by Gasteiger charge is 2.46. The van der Waals surface area contributed by atoms with Gasteiger partial charge >= 0.3 is 0 Å². The molecular formula is C9H16F2O. The minimum Gasteiger partial charge on any atom is -0.384 e. The van der Waals surface area contributed by atoms with Gasteiger partial charge in [0, 0.05) is 0 Å². The lowest BCUT2D eigenvalue weighted by Crippen LogP contribution is -2.47. The van der Waals surface area contributed by atoms with Gasteiger partial charge < -0.3 is 5.11 Å². The second-order valence-electron chi connectivity index (χ2n) is 4.08. The summed E-state index contributed by atoms with van der Waals surface area (Å²) >= 11 is 0. The fourth-order valence-electron chi connectivity index (χ4n) is 1.95. The number of hydrogen-bond donors (Lipinski definition) is 1. The Hall–Kier alpha value is -0.180. The highest BCUT2D eigenvalue weighted by atomic mass is 19.3. The van der Waals surface area contributed by atoms with Gasteiger partial charge in [0.2, 0.25) is 0 Å². The number of halogens is 2. The van der Waals surface area contributed by atoms with Gasteiger partial charge in [-0.2, -0.15) is 0 Å². The molecule has 0 heterocycles. The van der Waals surface area contributed by atoms with Gasteiger partial charge in [0.05, 0.1) is 0 Å². The van der Waals surface area contributed by atoms with Crippen LogP contribution in [-0.4, -0.2) is 17.1 Å². The molecule has 1 aliphatic carbocycles. The molecule has 1 rings (SSSR count). The normalized spacial score (nSPS) is 43.5. The molecule has 3 unspecified atom stereocenters. The Morgan fingerprint density at radius 3 is 2.33 bits per heavy atom. The summed E-state index contributed by atoms with van der Waals surface area (Å²) in [5.74, 6) is -0.0473. The third-order valence-corrected chi connectivity index (χ3v) is 3.00. The highest BCUT2D eigenvalue weighted by molar-refractivity contribution is 4.92. The van der Waals surface area contributed by atoms with Crippen LogP contribution >= 0.6 is 0 Å². The van der Waals surface area contributed by atoms with Crippen molar-refractivity contribution < 1.29 is 13.9 Å². The SMILES string of the molecule is CC1CCC(C)C(O)(C(F)F)C1. The molecule has 0 aromatic carbocycles. The summed E-state index contributed by atoms with van der Waals surface area (Å²) in [5, 5.41) is 9.64. The highest BCUT2D eigenvalue weighted by Crippen LogP contribution is 2.40. The van der Waals surface area contributed by atoms with Crippen LogP contribution in [0.2, 0.25) is 0 Å². The van der Waals surface area contributed by atoms with Crippen LogP contribution in [0.3, 0.4) is 0 Å². The fourth-order valence-corrected chi connectivity index (χ4v) is 1.95. The molecule has 0 aromatic rings. The smallest absolute Gasteiger partial charge is 0.267 e. The van der Waals surface area contributed by atoms with Crippen LogP contribution in [0, 0.1) is 11.8 Å². The predicted molar refractivity (Wildman–Crippen MR) is 43.1 cm³/mol. The van der Waals surface area contributed by atoms with E-state index in [1.54, 1.807) is 6.92 Å². The first-order valence-electron chi connectivity index (χ1n) is 4.47. The van der Waals surface area contributed by atoms with Gasteiger partial charge in [0.25, 0.3) is 6.43 Å². The molecule has 0 aliphatic heterocycles. The molecule has 1 aliphatic rings. The van der Waals surface area contributed by atoms with Gasteiger partial charge in [-0.1, -0.05) is 20.3 Å². The van der Waals surface area contributed by atoms with Crippen molar-refractivity contribution in [2.24, 2.45) is 11.8 Å². The molecular weight excluding hydrogens is 162 g/mol. The minimum atomic E-state index is -2.60. The number of hydrogen-bond acceptors (Lipinski definition) is 1. The molecule has 12 heavy (non-hydrogen) atoms. The first-order chi connectivity index (χ1) is 5.47. The standard InChI is InChI=1S/C9H16F2O/c1-6-3-4-7(2)9(12,5-6)8(10)11/h6-8,12H,3-5H2,1-2H3. The van der Waals surface area contributed by atoms with E-state index in [1.165, 1.54) is 0 Å². The third kappa shape index (κ3) is 1.60. The Labute approximate surface area is 71.8 Å². The average Bonchev–Trinajstić information content (AvgIpc) is 1.97. The van der Waals surface area contributed by atoms with Crippen molar-refractivity contribution in [1.29, 1.82) is 0 Å². The van der Waals surface area contributed by atoms with Gasteiger partial charge in [0.1, 0.15) is 5.60 Å². The minimum absolute atomic E-state index is 0.222. The maximum Gasteiger partial charge on any atom is 0.267 e. The number of rotatable bonds is 1. The summed E-state index contributed by atoms with van der Waals surface area (Å²) < 4.78 is 25.0. The van der Waals surface area contributed by atoms with Crippen LogP contribution in [-0.2, 0) is 0 Å². The molecule has 1 saturated carbocycles. The molecule has 0 amide bonds. The Bertz CT molecular complexity index is 161. The summed E-state index contributed by atoms with van der Waals surface area (Å²) in [6, 6.07) is 0. The van der Waals surface area contributed by atoms with E-state index in [-0.39, 0.29) is 18.3 Å². The molecule has 0 saturated heterocycles. The van der Waals surface area contributed by atoms with Crippen molar-refractivity contribution in [2.75, 3.05) is 0 Å². The summed E-state index contributed by atoms with van der Waals surface area (Å²) in [5.41, 5.74) is -1.72. The Morgan fingerprint density at radius 1 is 1.33 bits per heavy atom. The predicted octanol–water partition coefficient (Wildman–Crippen LogP) is 2.44. The van der Waals surface area contributed by atoms with Crippen molar-refractivity contribution in [1.82, 2.24) is 0 Å². The molecule has 3 atom stereocenters. The maximum absolute atomic E-state index is 12.5. The Kier molecular flexibility index (Phi) is 2.71. The Morgan fingerprint density at radius 2 is 1.92 bits per heavy atom. The molecule has 0 bridgehead atoms. The van der Waals surface area contributed by atoms with Gasteiger partial charge in [-0.15, -0.1) is 0 Å². The first kappa shape index (κ1) is 9.90. The first-order valence-corrected chi connectivity index (χ1v) is 4.47. The molecule has 0 aromatic heterocycles. The molecule has 3 heteroatoms. The Balaban J connectivity index is 2.71. The van der Waals surface area contributed by atoms with Crippen molar-refractivity contribution in [2.45, 2.75) is 45.1 Å². The average molecular weight is 178 g/mol. The van der Waals surface area contributed by atoms with E-state index in [1.807, 2.05) is 6.92 Å². The van der Waals surface area contributed by atoms with Crippen LogP contribution in [0.1, 0.15) is 33.1 Å². The summed E-state index contributed by atoms with van der Waals surface area (Å²) in [4.78, 5) is 0. The summed E-state index contributed by atoms with van der Waals surface area (Å²) in [6.07, 6.45) is -0.695. The quantitative estimate of drug-likeness (QED) is 0.653. The second-order valence-corrected chi connectivity index (χ2v) is 4.08. The molecule has 1 fully saturated rings. The zero-order chi connectivity index (χ0) is 9.35. The summed E-state index contributed by atoms with van der Waals surface area (Å²) in [6.45, 7) is 3.62. The monoisotopic (exact) mass is 178 g/mol. The third-order valence-electron chi connectivity index (χ3n) is 3.00. The molecule has 1 N–H and O–H groups in total. The van der Waals surface area contributed by atoms with E-state index in [9.17, 15) is 13.9 Å². The van der Waals surface area contributed by atoms with Crippen LogP contribution < -0.4 is 0 Å². The van der Waals surface area contributed by atoms with Crippen LogP contribution in [0.25, 0.3) is 0 Å². The lowest BCUT2D eigenvalue weighted by Gasteiger charge is -2.40. The van der Waals surface area contributed by atoms with Gasteiger partial charge in [0.15, 0.2) is 0 Å². The lowest BCUT2D eigenvalue weighted by molar-refractivity contribution is -0.155. The van der Waals surface area contributed by atoms with Crippen molar-refractivity contribution in [3.05, 3.63) is 0 Å². The fraction of sp³-hybridized carbons (Fsp3) is 1.00. The van der Waals surface area contributed by atoms with E-state index < -0.39 is 12.0 Å². The van der Waals surface area contributed by atoms with E-state index in [2.05, 4.69) is 0 Å². The van der Waals surface area contributed by atoms with Gasteiger partial charge in [-0.05, 0) is 24.7 Å². The van der Waals surface area contributed by atoms with Crippen molar-refractivity contribution in [3.63, 3.8) is 0 Å². The summed E-state index contributed by atoms with van der Waals surface area (Å²) in [7, 11) is 0. The second kappa shape index (κ2) is 3.29. The van der Waals surface area contributed by atoms with E-state index >= 15 is 0 Å². The molecule has 1 nitrogen and oxygen atoms in total. The van der Waals surface area contributed by atoms with Crippen LogP contribution in [0.15, 0.2) is 0 Å². The van der Waals surface area contributed by atoms with E-state index in [0.717, 1.165) is 6.42 Å². The largest absolute Gasteiger partial charge is 0.384 e. The molecule has 72 valence electrons. The molecule has 0 radical (unpaired) electrons. The number of alkyl halides is 2. The van der Waals surface area contributed by atoms with Gasteiger partial charge in [-0.25, -0.2) is 8.78 Å². The topological polar surface area (TPSA) is 20.2 Å². The van der Waals surface area contributed by atoms with Crippen molar-refractivity contribution in [3.8, 4) is 0 Å². The lowest BCUT2D eigenvalue weighted by atomic mass is 9.72. The van der Waals surface area contributed by atoms with Crippen LogP contribution in [0.4, 0.5) is 8.78 Å². The zero-order valence-corrected chi connectivity index (χ0v) is 7.56. The van der Waals surface area contributed by atoms with Crippen LogP contribution in [0.5, 0.6) is 0 Å². The number of aliphatic hydroxyl groups is 1. The zero-order valence-electron chi connectivity index (χ0n) is 7.56. The van der Waals surface area contributed by atoms with Crippen molar-refractivity contribution >= 4 is 0 Å².